The van der Waals surface area contributed by atoms with Gasteiger partial charge < -0.3 is 20.1 Å². The molecule has 146 valence electrons. The van der Waals surface area contributed by atoms with E-state index < -0.39 is 12.0 Å². The maximum atomic E-state index is 12.8. The van der Waals surface area contributed by atoms with Gasteiger partial charge in [-0.05, 0) is 31.9 Å². The molecule has 2 N–H and O–H groups in total. The smallest absolute Gasteiger partial charge is 0.338 e. The summed E-state index contributed by atoms with van der Waals surface area (Å²) in [7, 11) is 0. The molecule has 3 rings (SSSR count). The van der Waals surface area contributed by atoms with Gasteiger partial charge in [0, 0.05) is 25.3 Å². The van der Waals surface area contributed by atoms with Gasteiger partial charge in [0.05, 0.1) is 31.4 Å². The van der Waals surface area contributed by atoms with Gasteiger partial charge in [0.1, 0.15) is 0 Å². The Morgan fingerprint density at radius 3 is 2.70 bits per heavy atom. The highest BCUT2D eigenvalue weighted by Gasteiger charge is 2.35. The van der Waals surface area contributed by atoms with Gasteiger partial charge in [-0.3, -0.25) is 4.90 Å². The number of nitrogens with zero attached hydrogens (tertiary/aromatic N) is 1. The number of urea groups is 1. The van der Waals surface area contributed by atoms with Gasteiger partial charge in [-0.1, -0.05) is 23.8 Å². The van der Waals surface area contributed by atoms with Crippen molar-refractivity contribution in [2.24, 2.45) is 0 Å². The second kappa shape index (κ2) is 8.54. The molecule has 7 heteroatoms. The maximum Gasteiger partial charge on any atom is 0.338 e. The summed E-state index contributed by atoms with van der Waals surface area (Å²) in [6.07, 6.45) is 0. The fourth-order valence-corrected chi connectivity index (χ4v) is 3.56. The first kappa shape index (κ1) is 19.4. The number of carbonyl (C=O) groups excluding carboxylic acids is 2. The predicted octanol–water partition coefficient (Wildman–Crippen LogP) is 1.81. The first-order valence-electron chi connectivity index (χ1n) is 9.34. The van der Waals surface area contributed by atoms with E-state index in [1.165, 1.54) is 0 Å². The Morgan fingerprint density at radius 2 is 2.04 bits per heavy atom. The Kier molecular flexibility index (Phi) is 6.13. The van der Waals surface area contributed by atoms with Crippen LogP contribution in [0.2, 0.25) is 0 Å². The molecule has 1 aromatic carbocycles. The molecule has 0 radical (unpaired) electrons. The highest BCUT2D eigenvalue weighted by atomic mass is 16.5. The molecule has 2 aliphatic rings. The molecule has 2 heterocycles. The minimum absolute atomic E-state index is 0.278. The number of rotatable bonds is 5. The molecule has 2 amide bonds. The Labute approximate surface area is 159 Å². The lowest BCUT2D eigenvalue weighted by Crippen LogP contribution is -2.49. The first-order valence-corrected chi connectivity index (χ1v) is 9.34. The number of aryl methyl sites for hydroxylation is 2. The second-order valence-electron chi connectivity index (χ2n) is 6.89. The molecular weight excluding hydrogens is 346 g/mol. The SMILES string of the molecule is CCOC(=O)C1=C(CN2CCOCC2)NC(=O)N[C@H]1c1ccc(C)cc1C. The van der Waals surface area contributed by atoms with E-state index in [0.717, 1.165) is 29.8 Å². The number of hydrogen-bond donors (Lipinski definition) is 2. The van der Waals surface area contributed by atoms with Crippen LogP contribution in [0, 0.1) is 13.8 Å². The normalized spacial score (nSPS) is 20.9. The van der Waals surface area contributed by atoms with Crippen LogP contribution in [-0.4, -0.2) is 56.4 Å². The van der Waals surface area contributed by atoms with E-state index in [-0.39, 0.29) is 12.6 Å². The lowest BCUT2D eigenvalue weighted by molar-refractivity contribution is -0.139. The van der Waals surface area contributed by atoms with Crippen LogP contribution in [0.5, 0.6) is 0 Å². The van der Waals surface area contributed by atoms with E-state index in [9.17, 15) is 9.59 Å². The minimum Gasteiger partial charge on any atom is -0.463 e. The van der Waals surface area contributed by atoms with Crippen LogP contribution in [0.1, 0.15) is 29.7 Å². The third-order valence-corrected chi connectivity index (χ3v) is 4.87. The van der Waals surface area contributed by atoms with Crippen LogP contribution in [0.3, 0.4) is 0 Å². The highest BCUT2D eigenvalue weighted by molar-refractivity contribution is 5.95. The zero-order valence-corrected chi connectivity index (χ0v) is 16.1. The number of amides is 2. The summed E-state index contributed by atoms with van der Waals surface area (Å²) in [5.74, 6) is -0.404. The van der Waals surface area contributed by atoms with Gasteiger partial charge in [-0.15, -0.1) is 0 Å². The minimum atomic E-state index is -0.533. The van der Waals surface area contributed by atoms with Gasteiger partial charge in [-0.2, -0.15) is 0 Å². The quantitative estimate of drug-likeness (QED) is 0.770. The largest absolute Gasteiger partial charge is 0.463 e. The lowest BCUT2D eigenvalue weighted by atomic mass is 9.91. The van der Waals surface area contributed by atoms with Crippen molar-refractivity contribution in [1.29, 1.82) is 0 Å². The Balaban J connectivity index is 2.01. The van der Waals surface area contributed by atoms with Crippen molar-refractivity contribution in [3.05, 3.63) is 46.2 Å². The van der Waals surface area contributed by atoms with Crippen molar-refractivity contribution < 1.29 is 19.1 Å². The first-order chi connectivity index (χ1) is 13.0. The average molecular weight is 373 g/mol. The number of nitrogens with one attached hydrogen (secondary N) is 2. The van der Waals surface area contributed by atoms with E-state index in [1.807, 2.05) is 32.0 Å². The molecule has 0 unspecified atom stereocenters. The van der Waals surface area contributed by atoms with Crippen molar-refractivity contribution in [3.8, 4) is 0 Å². The number of ether oxygens (including phenoxy) is 2. The number of hydrogen-bond acceptors (Lipinski definition) is 5. The molecule has 1 saturated heterocycles. The fourth-order valence-electron chi connectivity index (χ4n) is 3.56. The van der Waals surface area contributed by atoms with Gasteiger partial charge in [0.25, 0.3) is 0 Å². The Morgan fingerprint density at radius 1 is 1.30 bits per heavy atom. The summed E-state index contributed by atoms with van der Waals surface area (Å²) in [5, 5.41) is 5.73. The van der Waals surface area contributed by atoms with Crippen molar-refractivity contribution in [2.75, 3.05) is 39.5 Å². The van der Waals surface area contributed by atoms with Crippen molar-refractivity contribution in [3.63, 3.8) is 0 Å². The number of esters is 1. The van der Waals surface area contributed by atoms with Crippen molar-refractivity contribution >= 4 is 12.0 Å². The van der Waals surface area contributed by atoms with Gasteiger partial charge in [0.2, 0.25) is 0 Å². The summed E-state index contributed by atoms with van der Waals surface area (Å²) in [6.45, 7) is 9.36. The van der Waals surface area contributed by atoms with Gasteiger partial charge in [-0.25, -0.2) is 9.59 Å². The zero-order valence-electron chi connectivity index (χ0n) is 16.1. The molecule has 2 aliphatic heterocycles. The van der Waals surface area contributed by atoms with Crippen molar-refractivity contribution in [1.82, 2.24) is 15.5 Å². The number of carbonyl (C=O) groups is 2. The third kappa shape index (κ3) is 4.48. The standard InChI is InChI=1S/C20H27N3O4/c1-4-27-19(24)17-16(12-23-7-9-26-10-8-23)21-20(25)22-18(17)15-6-5-13(2)11-14(15)3/h5-6,11,18H,4,7-10,12H2,1-3H3,(H2,21,22,25)/t18-/m0/s1. The van der Waals surface area contributed by atoms with Crippen LogP contribution in [0.4, 0.5) is 4.79 Å². The zero-order chi connectivity index (χ0) is 19.4. The van der Waals surface area contributed by atoms with E-state index in [4.69, 9.17) is 9.47 Å². The van der Waals surface area contributed by atoms with E-state index in [0.29, 0.717) is 31.0 Å². The van der Waals surface area contributed by atoms with Crippen molar-refractivity contribution in [2.45, 2.75) is 26.8 Å². The van der Waals surface area contributed by atoms with Crippen LogP contribution in [0.25, 0.3) is 0 Å². The molecule has 7 nitrogen and oxygen atoms in total. The second-order valence-corrected chi connectivity index (χ2v) is 6.89. The van der Waals surface area contributed by atoms with Crippen LogP contribution < -0.4 is 10.6 Å². The van der Waals surface area contributed by atoms with E-state index >= 15 is 0 Å². The van der Waals surface area contributed by atoms with Crippen LogP contribution in [0.15, 0.2) is 29.5 Å². The highest BCUT2D eigenvalue weighted by Crippen LogP contribution is 2.30. The molecule has 0 spiro atoms. The monoisotopic (exact) mass is 373 g/mol. The van der Waals surface area contributed by atoms with E-state index in [1.54, 1.807) is 6.92 Å². The molecule has 1 atom stereocenters. The summed E-state index contributed by atoms with van der Waals surface area (Å²) in [5.41, 5.74) is 4.12. The molecule has 0 aromatic heterocycles. The third-order valence-electron chi connectivity index (χ3n) is 4.87. The Hall–Kier alpha value is -2.38. The predicted molar refractivity (Wildman–Crippen MR) is 101 cm³/mol. The van der Waals surface area contributed by atoms with Gasteiger partial charge >= 0.3 is 12.0 Å². The molecule has 0 saturated carbocycles. The summed E-state index contributed by atoms with van der Waals surface area (Å²) < 4.78 is 10.7. The van der Waals surface area contributed by atoms with Crippen LogP contribution in [-0.2, 0) is 14.3 Å². The molecule has 1 fully saturated rings. The summed E-state index contributed by atoms with van der Waals surface area (Å²) in [6, 6.07) is 5.16. The van der Waals surface area contributed by atoms with E-state index in [2.05, 4.69) is 15.5 Å². The Bertz CT molecular complexity index is 754. The summed E-state index contributed by atoms with van der Waals surface area (Å²) in [4.78, 5) is 27.3. The van der Waals surface area contributed by atoms with Gasteiger partial charge in [0.15, 0.2) is 0 Å². The molecule has 1 aromatic rings. The summed E-state index contributed by atoms with van der Waals surface area (Å²) >= 11 is 0. The maximum absolute atomic E-state index is 12.8. The van der Waals surface area contributed by atoms with Crippen LogP contribution >= 0.6 is 0 Å². The lowest BCUT2D eigenvalue weighted by Gasteiger charge is -2.33. The molecule has 0 bridgehead atoms. The molecular formula is C20H27N3O4. The number of benzene rings is 1. The topological polar surface area (TPSA) is 79.9 Å². The number of morpholine rings is 1. The average Bonchev–Trinajstić information content (AvgIpc) is 2.62. The molecule has 0 aliphatic carbocycles. The molecule has 27 heavy (non-hydrogen) atoms. The fraction of sp³-hybridized carbons (Fsp3) is 0.500.